The van der Waals surface area contributed by atoms with Crippen LogP contribution >= 0.6 is 0 Å². The number of amides is 1. The molecule has 0 heterocycles. The molecule has 15 heavy (non-hydrogen) atoms. The molecule has 0 saturated heterocycles. The molecule has 0 unspecified atom stereocenters. The standard InChI is InChI=1S/C10H10F3NO/c1-2-5-14-10(15)8-6(11)3-4-7(12)9(8)13/h3-4H,2,5H2,1H3,(H,14,15). The molecular weight excluding hydrogens is 207 g/mol. The van der Waals surface area contributed by atoms with E-state index in [1.54, 1.807) is 6.92 Å². The second-order valence-corrected chi connectivity index (χ2v) is 2.97. The van der Waals surface area contributed by atoms with Crippen LogP contribution in [0.4, 0.5) is 13.2 Å². The monoisotopic (exact) mass is 217 g/mol. The fourth-order valence-electron chi connectivity index (χ4n) is 1.06. The number of carbonyl (C=O) groups is 1. The van der Waals surface area contributed by atoms with Crippen molar-refractivity contribution in [3.05, 3.63) is 35.1 Å². The molecule has 1 amide bonds. The van der Waals surface area contributed by atoms with E-state index in [2.05, 4.69) is 5.32 Å². The van der Waals surface area contributed by atoms with E-state index in [-0.39, 0.29) is 6.54 Å². The van der Waals surface area contributed by atoms with E-state index in [0.29, 0.717) is 12.5 Å². The Morgan fingerprint density at radius 2 is 1.87 bits per heavy atom. The Morgan fingerprint density at radius 1 is 1.27 bits per heavy atom. The Bertz CT molecular complexity index is 379. The minimum absolute atomic E-state index is 0.286. The Morgan fingerprint density at radius 3 is 2.47 bits per heavy atom. The van der Waals surface area contributed by atoms with Crippen molar-refractivity contribution in [3.8, 4) is 0 Å². The first kappa shape index (κ1) is 11.6. The maximum Gasteiger partial charge on any atom is 0.257 e. The lowest BCUT2D eigenvalue weighted by atomic mass is 10.1. The van der Waals surface area contributed by atoms with Crippen LogP contribution in [0.3, 0.4) is 0 Å². The zero-order valence-electron chi connectivity index (χ0n) is 8.11. The quantitative estimate of drug-likeness (QED) is 0.773. The first-order valence-electron chi connectivity index (χ1n) is 4.49. The van der Waals surface area contributed by atoms with Crippen molar-refractivity contribution in [1.82, 2.24) is 5.32 Å². The minimum atomic E-state index is -1.45. The number of hydrogen-bond donors (Lipinski definition) is 1. The largest absolute Gasteiger partial charge is 0.352 e. The van der Waals surface area contributed by atoms with Crippen molar-refractivity contribution in [2.75, 3.05) is 6.54 Å². The third kappa shape index (κ3) is 2.49. The van der Waals surface area contributed by atoms with Crippen molar-refractivity contribution in [1.29, 1.82) is 0 Å². The third-order valence-electron chi connectivity index (χ3n) is 1.81. The molecule has 0 aliphatic heterocycles. The molecule has 0 atom stereocenters. The van der Waals surface area contributed by atoms with Crippen molar-refractivity contribution in [2.24, 2.45) is 0 Å². The molecule has 0 saturated carbocycles. The van der Waals surface area contributed by atoms with E-state index in [0.717, 1.165) is 6.07 Å². The average molecular weight is 217 g/mol. The SMILES string of the molecule is CCCNC(=O)c1c(F)ccc(F)c1F. The summed E-state index contributed by atoms with van der Waals surface area (Å²) in [5, 5.41) is 2.27. The molecule has 0 spiro atoms. The molecular formula is C10H10F3NO. The highest BCUT2D eigenvalue weighted by atomic mass is 19.2. The summed E-state index contributed by atoms with van der Waals surface area (Å²) < 4.78 is 38.8. The summed E-state index contributed by atoms with van der Waals surface area (Å²) in [6, 6.07) is 1.36. The lowest BCUT2D eigenvalue weighted by Crippen LogP contribution is -2.26. The van der Waals surface area contributed by atoms with Crippen molar-refractivity contribution in [2.45, 2.75) is 13.3 Å². The highest BCUT2D eigenvalue weighted by molar-refractivity contribution is 5.94. The zero-order valence-corrected chi connectivity index (χ0v) is 8.11. The van der Waals surface area contributed by atoms with Crippen molar-refractivity contribution >= 4 is 5.91 Å². The summed E-state index contributed by atoms with van der Waals surface area (Å²) in [7, 11) is 0. The molecule has 0 aliphatic carbocycles. The van der Waals surface area contributed by atoms with Gasteiger partial charge in [0.05, 0.1) is 0 Å². The summed E-state index contributed by atoms with van der Waals surface area (Å²) in [5.41, 5.74) is -0.872. The average Bonchev–Trinajstić information content (AvgIpc) is 2.21. The molecule has 82 valence electrons. The predicted molar refractivity (Wildman–Crippen MR) is 48.9 cm³/mol. The van der Waals surface area contributed by atoms with Gasteiger partial charge in [0, 0.05) is 6.54 Å². The molecule has 2 nitrogen and oxygen atoms in total. The minimum Gasteiger partial charge on any atom is -0.352 e. The molecule has 0 aromatic heterocycles. The second kappa shape index (κ2) is 4.82. The smallest absolute Gasteiger partial charge is 0.257 e. The lowest BCUT2D eigenvalue weighted by Gasteiger charge is -2.06. The van der Waals surface area contributed by atoms with Crippen LogP contribution in [0.1, 0.15) is 23.7 Å². The fourth-order valence-corrected chi connectivity index (χ4v) is 1.06. The maximum atomic E-state index is 13.1. The van der Waals surface area contributed by atoms with E-state index < -0.39 is 28.9 Å². The molecule has 1 N–H and O–H groups in total. The highest BCUT2D eigenvalue weighted by Crippen LogP contribution is 2.15. The number of halogens is 3. The maximum absolute atomic E-state index is 13.1. The van der Waals surface area contributed by atoms with Gasteiger partial charge in [0.25, 0.3) is 5.91 Å². The molecule has 1 aromatic rings. The van der Waals surface area contributed by atoms with E-state index in [1.165, 1.54) is 0 Å². The van der Waals surface area contributed by atoms with Crippen LogP contribution < -0.4 is 5.32 Å². The van der Waals surface area contributed by atoms with Gasteiger partial charge in [0.1, 0.15) is 11.4 Å². The summed E-state index contributed by atoms with van der Waals surface area (Å²) in [5.74, 6) is -4.70. The van der Waals surface area contributed by atoms with Gasteiger partial charge in [-0.1, -0.05) is 6.92 Å². The van der Waals surface area contributed by atoms with Gasteiger partial charge in [0.15, 0.2) is 11.6 Å². The topological polar surface area (TPSA) is 29.1 Å². The highest BCUT2D eigenvalue weighted by Gasteiger charge is 2.19. The van der Waals surface area contributed by atoms with Gasteiger partial charge in [-0.15, -0.1) is 0 Å². The van der Waals surface area contributed by atoms with Gasteiger partial charge in [-0.2, -0.15) is 0 Å². The summed E-state index contributed by atoms with van der Waals surface area (Å²) >= 11 is 0. The van der Waals surface area contributed by atoms with E-state index in [9.17, 15) is 18.0 Å². The van der Waals surface area contributed by atoms with Crippen LogP contribution in [-0.4, -0.2) is 12.5 Å². The fraction of sp³-hybridized carbons (Fsp3) is 0.300. The van der Waals surface area contributed by atoms with Crippen LogP contribution in [0.2, 0.25) is 0 Å². The number of carbonyl (C=O) groups excluding carboxylic acids is 1. The first-order chi connectivity index (χ1) is 7.07. The van der Waals surface area contributed by atoms with E-state index in [1.807, 2.05) is 0 Å². The Balaban J connectivity index is 3.02. The molecule has 0 fully saturated rings. The summed E-state index contributed by atoms with van der Waals surface area (Å²) in [6.07, 6.45) is 0.629. The van der Waals surface area contributed by atoms with Crippen LogP contribution in [0.15, 0.2) is 12.1 Å². The predicted octanol–water partition coefficient (Wildman–Crippen LogP) is 2.24. The van der Waals surface area contributed by atoms with Gasteiger partial charge in [-0.25, -0.2) is 13.2 Å². The lowest BCUT2D eigenvalue weighted by molar-refractivity contribution is 0.0944. The van der Waals surface area contributed by atoms with Gasteiger partial charge >= 0.3 is 0 Å². The van der Waals surface area contributed by atoms with Crippen LogP contribution in [0.25, 0.3) is 0 Å². The van der Waals surface area contributed by atoms with E-state index in [4.69, 9.17) is 0 Å². The molecule has 1 rings (SSSR count). The molecule has 5 heteroatoms. The van der Waals surface area contributed by atoms with Crippen molar-refractivity contribution in [3.63, 3.8) is 0 Å². The third-order valence-corrected chi connectivity index (χ3v) is 1.81. The summed E-state index contributed by atoms with van der Waals surface area (Å²) in [6.45, 7) is 2.08. The van der Waals surface area contributed by atoms with Gasteiger partial charge < -0.3 is 5.32 Å². The van der Waals surface area contributed by atoms with E-state index >= 15 is 0 Å². The molecule has 1 aromatic carbocycles. The van der Waals surface area contributed by atoms with Crippen LogP contribution in [-0.2, 0) is 0 Å². The number of rotatable bonds is 3. The van der Waals surface area contributed by atoms with Crippen molar-refractivity contribution < 1.29 is 18.0 Å². The Labute approximate surface area is 85.1 Å². The molecule has 0 bridgehead atoms. The first-order valence-corrected chi connectivity index (χ1v) is 4.49. The normalized spacial score (nSPS) is 10.1. The van der Waals surface area contributed by atoms with Crippen LogP contribution in [0, 0.1) is 17.5 Å². The number of benzene rings is 1. The summed E-state index contributed by atoms with van der Waals surface area (Å²) in [4.78, 5) is 11.2. The molecule has 0 aliphatic rings. The Hall–Kier alpha value is -1.52. The Kier molecular flexibility index (Phi) is 3.71. The second-order valence-electron chi connectivity index (χ2n) is 2.97. The zero-order chi connectivity index (χ0) is 11.4. The van der Waals surface area contributed by atoms with Gasteiger partial charge in [-0.05, 0) is 18.6 Å². The molecule has 0 radical (unpaired) electrons. The van der Waals surface area contributed by atoms with Crippen LogP contribution in [0.5, 0.6) is 0 Å². The van der Waals surface area contributed by atoms with Gasteiger partial charge in [-0.3, -0.25) is 4.79 Å². The number of nitrogens with one attached hydrogen (secondary N) is 1. The number of hydrogen-bond acceptors (Lipinski definition) is 1. The van der Waals surface area contributed by atoms with Gasteiger partial charge in [0.2, 0.25) is 0 Å².